The highest BCUT2D eigenvalue weighted by atomic mass is 28.4. The Bertz CT molecular complexity index is 108. The van der Waals surface area contributed by atoms with Crippen molar-refractivity contribution in [1.29, 1.82) is 0 Å². The lowest BCUT2D eigenvalue weighted by Gasteiger charge is -2.12. The maximum atomic E-state index is 9.57. The lowest BCUT2D eigenvalue weighted by atomic mass is 11.1. The van der Waals surface area contributed by atoms with Crippen LogP contribution in [0.3, 0.4) is 0 Å². The highest BCUT2D eigenvalue weighted by Gasteiger charge is 2.12. The van der Waals surface area contributed by atoms with Gasteiger partial charge in [0.15, 0.2) is 12.2 Å². The fraction of sp³-hybridized carbons (Fsp3) is 0.600. The van der Waals surface area contributed by atoms with Gasteiger partial charge in [0.2, 0.25) is 8.32 Å². The van der Waals surface area contributed by atoms with Crippen LogP contribution in [0.1, 0.15) is 0 Å². The summed E-state index contributed by atoms with van der Waals surface area (Å²) in [6, 6.07) is 0. The second-order valence-electron chi connectivity index (χ2n) is 2.47. The van der Waals surface area contributed by atoms with E-state index in [-0.39, 0.29) is 0 Å². The molecule has 2 nitrogen and oxygen atoms in total. The van der Waals surface area contributed by atoms with Crippen LogP contribution in [-0.2, 0) is 9.22 Å². The molecule has 0 atom stereocenters. The summed E-state index contributed by atoms with van der Waals surface area (Å²) in [4.78, 5) is 9.57. The molecule has 0 radical (unpaired) electrons. The second kappa shape index (κ2) is 2.70. The summed E-state index contributed by atoms with van der Waals surface area (Å²) in [5.41, 5.74) is 0. The molecular formula is C5H10O2Si. The van der Waals surface area contributed by atoms with Crippen molar-refractivity contribution in [2.24, 2.45) is 0 Å². The third-order valence-corrected chi connectivity index (χ3v) is 1.29. The van der Waals surface area contributed by atoms with Gasteiger partial charge in [-0.15, -0.1) is 0 Å². The van der Waals surface area contributed by atoms with Gasteiger partial charge in [-0.25, -0.2) is 4.79 Å². The van der Waals surface area contributed by atoms with E-state index in [1.807, 2.05) is 19.6 Å². The molecule has 0 rings (SSSR count). The van der Waals surface area contributed by atoms with E-state index < -0.39 is 8.32 Å². The third kappa shape index (κ3) is 5.47. The molecule has 0 spiro atoms. The monoisotopic (exact) mass is 130 g/mol. The lowest BCUT2D eigenvalue weighted by molar-refractivity contribution is 0.475. The number of carbonyl (C=O) groups excluding carboxylic acids is 1. The molecular weight excluding hydrogens is 120 g/mol. The smallest absolute Gasteiger partial charge is 0.242 e. The fourth-order valence-corrected chi connectivity index (χ4v) is 0.602. The Morgan fingerprint density at radius 2 is 2.00 bits per heavy atom. The average Bonchev–Trinajstić information content (AvgIpc) is 1.59. The first-order valence-corrected chi connectivity index (χ1v) is 5.84. The molecule has 0 aliphatic carbocycles. The molecule has 0 bridgehead atoms. The van der Waals surface area contributed by atoms with E-state index >= 15 is 0 Å². The van der Waals surface area contributed by atoms with Gasteiger partial charge in [0, 0.05) is 0 Å². The molecule has 8 heavy (non-hydrogen) atoms. The Morgan fingerprint density at radius 3 is 2.12 bits per heavy atom. The summed E-state index contributed by atoms with van der Waals surface area (Å²) in [5, 5.41) is 0. The van der Waals surface area contributed by atoms with Crippen molar-refractivity contribution >= 4 is 14.3 Å². The van der Waals surface area contributed by atoms with Crippen LogP contribution in [0.4, 0.5) is 0 Å². The zero-order chi connectivity index (χ0) is 6.62. The van der Waals surface area contributed by atoms with Gasteiger partial charge in [0.25, 0.3) is 0 Å². The minimum atomic E-state index is -1.50. The van der Waals surface area contributed by atoms with Crippen molar-refractivity contribution in [2.45, 2.75) is 19.6 Å². The van der Waals surface area contributed by atoms with Crippen LogP contribution >= 0.6 is 0 Å². The summed E-state index contributed by atoms with van der Waals surface area (Å²) < 4.78 is 4.97. The zero-order valence-corrected chi connectivity index (χ0v) is 6.39. The molecule has 0 aromatic carbocycles. The van der Waals surface area contributed by atoms with E-state index in [1.54, 1.807) is 5.94 Å². The molecule has 0 unspecified atom stereocenters. The van der Waals surface area contributed by atoms with Crippen LogP contribution in [0, 0.1) is 0 Å². The number of rotatable bonds is 2. The van der Waals surface area contributed by atoms with Crippen LogP contribution < -0.4 is 0 Å². The summed E-state index contributed by atoms with van der Waals surface area (Å²) in [6.07, 6.45) is 1.09. The molecule has 0 aliphatic rings. The van der Waals surface area contributed by atoms with Crippen LogP contribution in [0.5, 0.6) is 0 Å². The van der Waals surface area contributed by atoms with Crippen LogP contribution in [0.25, 0.3) is 0 Å². The van der Waals surface area contributed by atoms with Gasteiger partial charge < -0.3 is 4.43 Å². The summed E-state index contributed by atoms with van der Waals surface area (Å²) in [6.45, 7) is 6.00. The zero-order valence-electron chi connectivity index (χ0n) is 5.39. The molecule has 46 valence electrons. The van der Waals surface area contributed by atoms with Crippen molar-refractivity contribution in [3.8, 4) is 0 Å². The molecule has 0 heterocycles. The van der Waals surface area contributed by atoms with Crippen molar-refractivity contribution in [3.05, 3.63) is 6.26 Å². The van der Waals surface area contributed by atoms with E-state index in [4.69, 9.17) is 4.43 Å². The Kier molecular flexibility index (Phi) is 2.52. The molecule has 0 aliphatic heterocycles. The van der Waals surface area contributed by atoms with Gasteiger partial charge >= 0.3 is 0 Å². The molecule has 0 saturated heterocycles. The van der Waals surface area contributed by atoms with E-state index in [0.717, 1.165) is 6.26 Å². The predicted octanol–water partition coefficient (Wildman–Crippen LogP) is 1.18. The van der Waals surface area contributed by atoms with Crippen molar-refractivity contribution in [2.75, 3.05) is 0 Å². The van der Waals surface area contributed by atoms with E-state index in [0.29, 0.717) is 0 Å². The van der Waals surface area contributed by atoms with Crippen molar-refractivity contribution in [3.63, 3.8) is 0 Å². The Hall–Kier alpha value is -0.533. The first-order chi connectivity index (χ1) is 3.56. The highest BCUT2D eigenvalue weighted by Crippen LogP contribution is 2.00. The fourth-order valence-electron chi connectivity index (χ4n) is 0.201. The quantitative estimate of drug-likeness (QED) is 0.319. The Balaban J connectivity index is 3.55. The highest BCUT2D eigenvalue weighted by molar-refractivity contribution is 6.69. The molecule has 0 saturated carbocycles. The normalized spacial score (nSPS) is 9.88. The van der Waals surface area contributed by atoms with Gasteiger partial charge in [-0.05, 0) is 19.6 Å². The van der Waals surface area contributed by atoms with Crippen LogP contribution in [0.2, 0.25) is 19.6 Å². The first kappa shape index (κ1) is 7.47. The summed E-state index contributed by atoms with van der Waals surface area (Å²) in [7, 11) is -1.50. The maximum Gasteiger partial charge on any atom is 0.242 e. The van der Waals surface area contributed by atoms with Crippen molar-refractivity contribution in [1.82, 2.24) is 0 Å². The summed E-state index contributed by atoms with van der Waals surface area (Å²) in [5.74, 6) is 1.56. The maximum absolute atomic E-state index is 9.57. The van der Waals surface area contributed by atoms with E-state index in [2.05, 4.69) is 0 Å². The van der Waals surface area contributed by atoms with Gasteiger partial charge in [-0.2, -0.15) is 0 Å². The minimum absolute atomic E-state index is 1.09. The molecule has 0 amide bonds. The third-order valence-electron chi connectivity index (χ3n) is 0.461. The Labute approximate surface area is 50.3 Å². The predicted molar refractivity (Wildman–Crippen MR) is 34.7 cm³/mol. The van der Waals surface area contributed by atoms with Gasteiger partial charge in [0.05, 0.1) is 0 Å². The van der Waals surface area contributed by atoms with Gasteiger partial charge in [0.1, 0.15) is 0 Å². The molecule has 0 aromatic heterocycles. The van der Waals surface area contributed by atoms with Crippen LogP contribution in [-0.4, -0.2) is 14.3 Å². The summed E-state index contributed by atoms with van der Waals surface area (Å²) >= 11 is 0. The SMILES string of the molecule is C[Si](C)(C)OC=C=O. The second-order valence-corrected chi connectivity index (χ2v) is 6.93. The molecule has 3 heteroatoms. The first-order valence-electron chi connectivity index (χ1n) is 2.43. The number of hydrogen-bond acceptors (Lipinski definition) is 2. The molecule has 0 fully saturated rings. The average molecular weight is 130 g/mol. The van der Waals surface area contributed by atoms with Crippen LogP contribution in [0.15, 0.2) is 6.26 Å². The van der Waals surface area contributed by atoms with Crippen molar-refractivity contribution < 1.29 is 9.22 Å². The van der Waals surface area contributed by atoms with E-state index in [1.165, 1.54) is 0 Å². The molecule has 0 aromatic rings. The topological polar surface area (TPSA) is 26.3 Å². The standard InChI is InChI=1S/C5H10O2Si/c1-8(2,3)7-5-4-6/h5H,1-3H3. The van der Waals surface area contributed by atoms with E-state index in [9.17, 15) is 4.79 Å². The minimum Gasteiger partial charge on any atom is -0.542 e. The Morgan fingerprint density at radius 1 is 1.50 bits per heavy atom. The van der Waals surface area contributed by atoms with Gasteiger partial charge in [-0.3, -0.25) is 0 Å². The van der Waals surface area contributed by atoms with Gasteiger partial charge in [-0.1, -0.05) is 0 Å². The molecule has 0 N–H and O–H groups in total. The largest absolute Gasteiger partial charge is 0.542 e. The number of hydrogen-bond donors (Lipinski definition) is 0. The lowest BCUT2D eigenvalue weighted by Crippen LogP contribution is -2.21.